The van der Waals surface area contributed by atoms with Gasteiger partial charge in [-0.05, 0) is 31.5 Å². The first-order valence-electron chi connectivity index (χ1n) is 7.51. The molecule has 1 aromatic carbocycles. The molecule has 5 nitrogen and oxygen atoms in total. The van der Waals surface area contributed by atoms with Gasteiger partial charge in [-0.1, -0.05) is 40.2 Å². The fraction of sp³-hybridized carbons (Fsp3) is 0.471. The van der Waals surface area contributed by atoms with Crippen LogP contribution in [0.2, 0.25) is 0 Å². The molecule has 0 spiro atoms. The van der Waals surface area contributed by atoms with Gasteiger partial charge in [0, 0.05) is 10.4 Å². The molecule has 2 heterocycles. The smallest absolute Gasteiger partial charge is 0.303 e. The molecule has 1 N–H and O–H groups in total. The molecule has 0 unspecified atom stereocenters. The maximum Gasteiger partial charge on any atom is 0.303 e. The Morgan fingerprint density at radius 1 is 1.30 bits per heavy atom. The zero-order chi connectivity index (χ0) is 16.6. The molecule has 2 saturated heterocycles. The summed E-state index contributed by atoms with van der Waals surface area (Å²) in [6, 6.07) is 7.85. The average Bonchev–Trinajstić information content (AvgIpc) is 2.91. The molecule has 1 aromatic rings. The lowest BCUT2D eigenvalue weighted by Gasteiger charge is -2.23. The number of hydrogen-bond acceptors (Lipinski definition) is 4. The Bertz CT molecular complexity index is 610. The summed E-state index contributed by atoms with van der Waals surface area (Å²) in [6.07, 6.45) is 2.57. The SMILES string of the molecule is CC1(C)O[C@H]2O[C@H](/C=C/c3ccc(Br)cc3)[C@@H](CC(=O)O)[C@H]2O1. The van der Waals surface area contributed by atoms with Crippen LogP contribution in [0.5, 0.6) is 0 Å². The number of halogens is 1. The second kappa shape index (κ2) is 6.36. The number of hydrogen-bond donors (Lipinski definition) is 1. The molecule has 124 valence electrons. The summed E-state index contributed by atoms with van der Waals surface area (Å²) in [5.74, 6) is -1.88. The van der Waals surface area contributed by atoms with Crippen LogP contribution in [0.4, 0.5) is 0 Å². The number of carbonyl (C=O) groups is 1. The fourth-order valence-corrected chi connectivity index (χ4v) is 3.26. The quantitative estimate of drug-likeness (QED) is 0.863. The van der Waals surface area contributed by atoms with Gasteiger partial charge in [-0.2, -0.15) is 0 Å². The molecule has 2 aliphatic heterocycles. The first-order valence-corrected chi connectivity index (χ1v) is 8.30. The van der Waals surface area contributed by atoms with Gasteiger partial charge in [-0.3, -0.25) is 4.79 Å². The molecule has 3 rings (SSSR count). The van der Waals surface area contributed by atoms with Crippen LogP contribution in [0.15, 0.2) is 34.8 Å². The van der Waals surface area contributed by atoms with E-state index in [1.54, 1.807) is 13.8 Å². The molecule has 0 aromatic heterocycles. The molecule has 2 aliphatic rings. The summed E-state index contributed by atoms with van der Waals surface area (Å²) in [5, 5.41) is 9.18. The van der Waals surface area contributed by atoms with E-state index in [4.69, 9.17) is 14.2 Å². The Morgan fingerprint density at radius 3 is 2.65 bits per heavy atom. The van der Waals surface area contributed by atoms with E-state index in [-0.39, 0.29) is 24.5 Å². The van der Waals surface area contributed by atoms with E-state index in [1.807, 2.05) is 36.4 Å². The normalized spacial score (nSPS) is 32.3. The number of carboxylic acids is 1. The predicted octanol–water partition coefficient (Wildman–Crippen LogP) is 3.43. The highest BCUT2D eigenvalue weighted by atomic mass is 79.9. The predicted molar refractivity (Wildman–Crippen MR) is 87.6 cm³/mol. The second-order valence-electron chi connectivity index (χ2n) is 6.24. The Labute approximate surface area is 143 Å². The average molecular weight is 383 g/mol. The van der Waals surface area contributed by atoms with Gasteiger partial charge >= 0.3 is 5.97 Å². The highest BCUT2D eigenvalue weighted by Gasteiger charge is 2.54. The Kier molecular flexibility index (Phi) is 4.60. The number of aliphatic carboxylic acids is 1. The highest BCUT2D eigenvalue weighted by molar-refractivity contribution is 9.10. The largest absolute Gasteiger partial charge is 0.481 e. The Balaban J connectivity index is 1.76. The highest BCUT2D eigenvalue weighted by Crippen LogP contribution is 2.42. The summed E-state index contributed by atoms with van der Waals surface area (Å²) in [5.41, 5.74) is 1.02. The van der Waals surface area contributed by atoms with Gasteiger partial charge in [-0.25, -0.2) is 0 Å². The van der Waals surface area contributed by atoms with Gasteiger partial charge in [-0.15, -0.1) is 0 Å². The number of ether oxygens (including phenoxy) is 3. The molecule has 0 amide bonds. The van der Waals surface area contributed by atoms with Crippen LogP contribution in [-0.4, -0.2) is 35.4 Å². The van der Waals surface area contributed by atoms with Crippen LogP contribution in [0.3, 0.4) is 0 Å². The summed E-state index contributed by atoms with van der Waals surface area (Å²) in [6.45, 7) is 3.61. The molecule has 0 radical (unpaired) electrons. The number of carboxylic acid groups (broad SMARTS) is 1. The van der Waals surface area contributed by atoms with E-state index >= 15 is 0 Å². The first-order chi connectivity index (χ1) is 10.8. The second-order valence-corrected chi connectivity index (χ2v) is 7.16. The van der Waals surface area contributed by atoms with Crippen LogP contribution >= 0.6 is 15.9 Å². The van der Waals surface area contributed by atoms with Gasteiger partial charge in [0.15, 0.2) is 12.1 Å². The lowest BCUT2D eigenvalue weighted by Crippen LogP contribution is -2.31. The Hall–Kier alpha value is -1.21. The van der Waals surface area contributed by atoms with Crippen LogP contribution < -0.4 is 0 Å². The van der Waals surface area contributed by atoms with E-state index in [1.165, 1.54) is 0 Å². The number of benzene rings is 1. The molecule has 2 fully saturated rings. The number of rotatable bonds is 4. The maximum atomic E-state index is 11.2. The van der Waals surface area contributed by atoms with Crippen molar-refractivity contribution < 1.29 is 24.1 Å². The third kappa shape index (κ3) is 3.83. The van der Waals surface area contributed by atoms with Gasteiger partial charge in [0.2, 0.25) is 0 Å². The molecular formula is C17H19BrO5. The van der Waals surface area contributed by atoms with E-state index in [2.05, 4.69) is 15.9 Å². The van der Waals surface area contributed by atoms with Gasteiger partial charge in [0.05, 0.1) is 12.5 Å². The summed E-state index contributed by atoms with van der Waals surface area (Å²) in [4.78, 5) is 11.2. The zero-order valence-corrected chi connectivity index (χ0v) is 14.5. The van der Waals surface area contributed by atoms with Crippen LogP contribution in [0.1, 0.15) is 25.8 Å². The standard InChI is InChI=1S/C17H19BrO5/c1-17(2)22-15-12(9-14(19)20)13(21-16(15)23-17)8-5-10-3-6-11(18)7-4-10/h3-8,12-13,15-16H,9H2,1-2H3,(H,19,20)/b8-5+/t12-,13-,15-,16-/m1/s1. The number of fused-ring (bicyclic) bond motifs is 1. The molecule has 23 heavy (non-hydrogen) atoms. The van der Waals surface area contributed by atoms with E-state index in [9.17, 15) is 9.90 Å². The van der Waals surface area contributed by atoms with Crippen molar-refractivity contribution in [2.45, 2.75) is 44.6 Å². The van der Waals surface area contributed by atoms with Crippen molar-refractivity contribution in [2.75, 3.05) is 0 Å². The monoisotopic (exact) mass is 382 g/mol. The molecule has 4 atom stereocenters. The molecule has 0 saturated carbocycles. The van der Waals surface area contributed by atoms with Crippen molar-refractivity contribution in [1.82, 2.24) is 0 Å². The minimum Gasteiger partial charge on any atom is -0.481 e. The van der Waals surface area contributed by atoms with Gasteiger partial charge < -0.3 is 19.3 Å². The van der Waals surface area contributed by atoms with Crippen molar-refractivity contribution in [3.8, 4) is 0 Å². The third-order valence-corrected chi connectivity index (χ3v) is 4.51. The van der Waals surface area contributed by atoms with Crippen molar-refractivity contribution in [3.05, 3.63) is 40.4 Å². The van der Waals surface area contributed by atoms with Crippen molar-refractivity contribution in [3.63, 3.8) is 0 Å². The molecule has 0 aliphatic carbocycles. The third-order valence-electron chi connectivity index (χ3n) is 3.98. The summed E-state index contributed by atoms with van der Waals surface area (Å²) >= 11 is 3.40. The fourth-order valence-electron chi connectivity index (χ4n) is 3.00. The first kappa shape index (κ1) is 16.6. The van der Waals surface area contributed by atoms with Crippen molar-refractivity contribution >= 4 is 28.0 Å². The summed E-state index contributed by atoms with van der Waals surface area (Å²) in [7, 11) is 0. The van der Waals surface area contributed by atoms with Crippen LogP contribution in [0.25, 0.3) is 6.08 Å². The van der Waals surface area contributed by atoms with Crippen LogP contribution in [0, 0.1) is 5.92 Å². The van der Waals surface area contributed by atoms with Crippen molar-refractivity contribution in [1.29, 1.82) is 0 Å². The topological polar surface area (TPSA) is 65.0 Å². The van der Waals surface area contributed by atoms with E-state index < -0.39 is 18.0 Å². The molecular weight excluding hydrogens is 364 g/mol. The van der Waals surface area contributed by atoms with Crippen LogP contribution in [-0.2, 0) is 19.0 Å². The molecule has 6 heteroatoms. The lowest BCUT2D eigenvalue weighted by atomic mass is 9.94. The summed E-state index contributed by atoms with van der Waals surface area (Å²) < 4.78 is 18.4. The minimum absolute atomic E-state index is 0.0179. The van der Waals surface area contributed by atoms with E-state index in [0.29, 0.717) is 0 Å². The minimum atomic E-state index is -0.866. The van der Waals surface area contributed by atoms with Gasteiger partial charge in [0.25, 0.3) is 0 Å². The van der Waals surface area contributed by atoms with Gasteiger partial charge in [0.1, 0.15) is 6.10 Å². The van der Waals surface area contributed by atoms with Crippen molar-refractivity contribution in [2.24, 2.45) is 5.92 Å². The molecule has 0 bridgehead atoms. The lowest BCUT2D eigenvalue weighted by molar-refractivity contribution is -0.205. The zero-order valence-electron chi connectivity index (χ0n) is 12.9. The van der Waals surface area contributed by atoms with E-state index in [0.717, 1.165) is 10.0 Å². The Morgan fingerprint density at radius 2 is 2.00 bits per heavy atom. The maximum absolute atomic E-state index is 11.2.